The third-order valence-corrected chi connectivity index (χ3v) is 6.18. The van der Waals surface area contributed by atoms with Gasteiger partial charge in [-0.3, -0.25) is 0 Å². The molecule has 0 radical (unpaired) electrons. The maximum absolute atomic E-state index is 14.2. The Kier molecular flexibility index (Phi) is 7.15. The number of pyridine rings is 1. The molecule has 1 atom stereocenters. The summed E-state index contributed by atoms with van der Waals surface area (Å²) in [6.07, 6.45) is -6.40. The van der Waals surface area contributed by atoms with Crippen LogP contribution in [0.5, 0.6) is 0 Å². The third kappa shape index (κ3) is 5.87. The standard InChI is InChI=1S/C24H27ClF4N2O4/c1-21(2,3)35-20(33)30-12-23(34,24(27,28)29)19-9-14(22(4)10-15(32)11-22)8-18(31-19)13-5-6-17(26)16(25)7-13/h5-9,15,32,34H,10-12H2,1-4H3,(H,30,33). The maximum Gasteiger partial charge on any atom is 0.424 e. The Morgan fingerprint density at radius 2 is 1.86 bits per heavy atom. The lowest BCUT2D eigenvalue weighted by Crippen LogP contribution is -2.52. The van der Waals surface area contributed by atoms with E-state index in [0.717, 1.165) is 12.1 Å². The van der Waals surface area contributed by atoms with Crippen molar-refractivity contribution >= 4 is 17.7 Å². The molecule has 1 heterocycles. The first-order chi connectivity index (χ1) is 15.9. The maximum atomic E-state index is 14.2. The van der Waals surface area contributed by atoms with Crippen LogP contribution in [-0.4, -0.2) is 45.7 Å². The van der Waals surface area contributed by atoms with Gasteiger partial charge in [0.1, 0.15) is 11.4 Å². The fourth-order valence-electron chi connectivity index (χ4n) is 3.96. The number of carbonyl (C=O) groups excluding carboxylic acids is 1. The normalized spacial score (nSPS) is 22.2. The summed E-state index contributed by atoms with van der Waals surface area (Å²) in [5.41, 5.74) is -5.35. The molecule has 192 valence electrons. The molecule has 11 heteroatoms. The molecular weight excluding hydrogens is 492 g/mol. The number of benzene rings is 1. The number of amides is 1. The van der Waals surface area contributed by atoms with Crippen LogP contribution in [0.3, 0.4) is 0 Å². The third-order valence-electron chi connectivity index (χ3n) is 5.89. The van der Waals surface area contributed by atoms with Crippen molar-refractivity contribution in [3.63, 3.8) is 0 Å². The van der Waals surface area contributed by atoms with Gasteiger partial charge >= 0.3 is 12.3 Å². The van der Waals surface area contributed by atoms with E-state index in [2.05, 4.69) is 4.98 Å². The fraction of sp³-hybridized carbons (Fsp3) is 0.500. The van der Waals surface area contributed by atoms with Crippen molar-refractivity contribution in [3.05, 3.63) is 52.4 Å². The van der Waals surface area contributed by atoms with E-state index in [1.807, 2.05) is 5.32 Å². The minimum atomic E-state index is -5.23. The van der Waals surface area contributed by atoms with Crippen molar-refractivity contribution in [2.75, 3.05) is 6.54 Å². The van der Waals surface area contributed by atoms with Crippen molar-refractivity contribution in [2.45, 2.75) is 69.4 Å². The number of nitrogens with zero attached hydrogens (tertiary/aromatic N) is 1. The zero-order valence-electron chi connectivity index (χ0n) is 19.6. The molecule has 35 heavy (non-hydrogen) atoms. The topological polar surface area (TPSA) is 91.7 Å². The Hall–Kier alpha value is -2.43. The van der Waals surface area contributed by atoms with Gasteiger partial charge in [-0.25, -0.2) is 14.2 Å². The van der Waals surface area contributed by atoms with Gasteiger partial charge in [-0.05, 0) is 74.9 Å². The lowest BCUT2D eigenvalue weighted by Gasteiger charge is -2.43. The lowest BCUT2D eigenvalue weighted by molar-refractivity contribution is -0.265. The van der Waals surface area contributed by atoms with E-state index in [9.17, 15) is 32.6 Å². The first-order valence-corrected chi connectivity index (χ1v) is 11.2. The number of alkyl carbamates (subject to hydrolysis) is 1. The van der Waals surface area contributed by atoms with Crippen molar-refractivity contribution in [2.24, 2.45) is 0 Å². The summed E-state index contributed by atoms with van der Waals surface area (Å²) >= 11 is 5.86. The minimum absolute atomic E-state index is 0.0157. The Morgan fingerprint density at radius 3 is 2.37 bits per heavy atom. The van der Waals surface area contributed by atoms with Crippen LogP contribution >= 0.6 is 11.6 Å². The average Bonchev–Trinajstić information content (AvgIpc) is 2.70. The molecule has 1 unspecified atom stereocenters. The number of nitrogens with one attached hydrogen (secondary N) is 1. The van der Waals surface area contributed by atoms with E-state index in [4.69, 9.17) is 16.3 Å². The number of aromatic nitrogens is 1. The highest BCUT2D eigenvalue weighted by molar-refractivity contribution is 6.31. The summed E-state index contributed by atoms with van der Waals surface area (Å²) in [7, 11) is 0. The smallest absolute Gasteiger partial charge is 0.424 e. The van der Waals surface area contributed by atoms with Crippen LogP contribution in [0.25, 0.3) is 11.3 Å². The molecule has 3 rings (SSSR count). The molecule has 3 N–H and O–H groups in total. The van der Waals surface area contributed by atoms with Crippen LogP contribution in [0, 0.1) is 5.82 Å². The number of carbonyl (C=O) groups is 1. The number of rotatable bonds is 5. The van der Waals surface area contributed by atoms with Crippen LogP contribution in [-0.2, 0) is 15.8 Å². The van der Waals surface area contributed by atoms with Gasteiger partial charge in [0.2, 0.25) is 5.60 Å². The largest absolute Gasteiger partial charge is 0.444 e. The number of ether oxygens (including phenoxy) is 1. The van der Waals surface area contributed by atoms with Crippen molar-refractivity contribution < 1.29 is 37.3 Å². The molecule has 1 saturated carbocycles. The van der Waals surface area contributed by atoms with Crippen LogP contribution in [0.2, 0.25) is 5.02 Å². The zero-order chi connectivity index (χ0) is 26.4. The number of hydrogen-bond donors (Lipinski definition) is 3. The second kappa shape index (κ2) is 9.22. The van der Waals surface area contributed by atoms with E-state index in [1.54, 1.807) is 27.7 Å². The van der Waals surface area contributed by atoms with Gasteiger partial charge in [0.15, 0.2) is 0 Å². The first kappa shape index (κ1) is 27.2. The molecule has 1 aliphatic rings. The highest BCUT2D eigenvalue weighted by Gasteiger charge is 2.57. The molecule has 1 aromatic carbocycles. The van der Waals surface area contributed by atoms with Gasteiger partial charge in [0.05, 0.1) is 29.1 Å². The second-order valence-corrected chi connectivity index (χ2v) is 10.5. The minimum Gasteiger partial charge on any atom is -0.444 e. The highest BCUT2D eigenvalue weighted by atomic mass is 35.5. The van der Waals surface area contributed by atoms with E-state index in [0.29, 0.717) is 18.4 Å². The molecule has 1 aliphatic carbocycles. The van der Waals surface area contributed by atoms with Crippen LogP contribution < -0.4 is 5.32 Å². The van der Waals surface area contributed by atoms with Gasteiger partial charge in [0, 0.05) is 5.56 Å². The Labute approximate surface area is 205 Å². The van der Waals surface area contributed by atoms with Crippen molar-refractivity contribution in [3.8, 4) is 11.3 Å². The molecule has 2 aromatic rings. The Bertz CT molecular complexity index is 1110. The van der Waals surface area contributed by atoms with Crippen LogP contribution in [0.1, 0.15) is 51.8 Å². The summed E-state index contributed by atoms with van der Waals surface area (Å²) in [6.45, 7) is 5.14. The van der Waals surface area contributed by atoms with Crippen molar-refractivity contribution in [1.82, 2.24) is 10.3 Å². The van der Waals surface area contributed by atoms with Gasteiger partial charge in [0.25, 0.3) is 0 Å². The summed E-state index contributed by atoms with van der Waals surface area (Å²) in [6, 6.07) is 6.22. The highest BCUT2D eigenvalue weighted by Crippen LogP contribution is 2.46. The molecular formula is C24H27ClF4N2O4. The average molecular weight is 519 g/mol. The van der Waals surface area contributed by atoms with Gasteiger partial charge in [-0.1, -0.05) is 18.5 Å². The molecule has 1 aromatic heterocycles. The van der Waals surface area contributed by atoms with Crippen molar-refractivity contribution in [1.29, 1.82) is 0 Å². The van der Waals surface area contributed by atoms with E-state index < -0.39 is 53.0 Å². The molecule has 0 saturated heterocycles. The van der Waals surface area contributed by atoms with E-state index in [-0.39, 0.29) is 16.3 Å². The summed E-state index contributed by atoms with van der Waals surface area (Å²) in [5.74, 6) is -0.714. The number of hydrogen-bond acceptors (Lipinski definition) is 5. The molecule has 1 fully saturated rings. The number of halogens is 5. The van der Waals surface area contributed by atoms with Gasteiger partial charge < -0.3 is 20.3 Å². The van der Waals surface area contributed by atoms with E-state index >= 15 is 0 Å². The fourth-order valence-corrected chi connectivity index (χ4v) is 4.14. The number of aliphatic hydroxyl groups is 2. The SMILES string of the molecule is CC(C)(C)OC(=O)NCC(O)(c1cc(C2(C)CC(O)C2)cc(-c2ccc(F)c(Cl)c2)n1)C(F)(F)F. The molecule has 6 nitrogen and oxygen atoms in total. The second-order valence-electron chi connectivity index (χ2n) is 10.1. The Morgan fingerprint density at radius 1 is 1.23 bits per heavy atom. The molecule has 0 bridgehead atoms. The first-order valence-electron chi connectivity index (χ1n) is 10.9. The monoisotopic (exact) mass is 518 g/mol. The zero-order valence-corrected chi connectivity index (χ0v) is 20.4. The number of alkyl halides is 3. The van der Waals surface area contributed by atoms with Crippen LogP contribution in [0.15, 0.2) is 30.3 Å². The summed E-state index contributed by atoms with van der Waals surface area (Å²) in [5, 5.41) is 22.4. The summed E-state index contributed by atoms with van der Waals surface area (Å²) < 4.78 is 61.3. The predicted molar refractivity (Wildman–Crippen MR) is 121 cm³/mol. The van der Waals surface area contributed by atoms with Gasteiger partial charge in [-0.15, -0.1) is 0 Å². The molecule has 0 aliphatic heterocycles. The predicted octanol–water partition coefficient (Wildman–Crippen LogP) is 5.23. The van der Waals surface area contributed by atoms with Crippen LogP contribution in [0.4, 0.5) is 22.4 Å². The summed E-state index contributed by atoms with van der Waals surface area (Å²) in [4.78, 5) is 16.1. The molecule has 0 spiro atoms. The lowest BCUT2D eigenvalue weighted by atomic mass is 9.64. The quantitative estimate of drug-likeness (QED) is 0.472. The molecule has 1 amide bonds. The van der Waals surface area contributed by atoms with Gasteiger partial charge in [-0.2, -0.15) is 13.2 Å². The van der Waals surface area contributed by atoms with E-state index in [1.165, 1.54) is 18.2 Å². The number of aliphatic hydroxyl groups excluding tert-OH is 1. The Balaban J connectivity index is 2.11.